The Kier molecular flexibility index (Phi) is 3.29. The average molecular weight is 119 g/mol. The predicted molar refractivity (Wildman–Crippen MR) is 32.6 cm³/mol. The second-order valence-electron chi connectivity index (χ2n) is 1.10. The van der Waals surface area contributed by atoms with Gasteiger partial charge in [-0.15, -0.1) is 0 Å². The zero-order chi connectivity index (χ0) is 4.99. The molecule has 0 saturated carbocycles. The lowest BCUT2D eigenvalue weighted by Crippen LogP contribution is -1.62. The zero-order valence-electron chi connectivity index (χ0n) is 3.85. The summed E-state index contributed by atoms with van der Waals surface area (Å²) in [6.45, 7) is 3.44. The summed E-state index contributed by atoms with van der Waals surface area (Å²) in [7, 11) is -0.0131. The Morgan fingerprint density at radius 3 is 2.50 bits per heavy atom. The molecule has 1 nitrogen and oxygen atoms in total. The Morgan fingerprint density at radius 1 is 2.00 bits per heavy atom. The minimum atomic E-state index is -0.830. The van der Waals surface area contributed by atoms with Gasteiger partial charge >= 0.3 is 0 Å². The van der Waals surface area contributed by atoms with Crippen molar-refractivity contribution in [3.8, 4) is 0 Å². The van der Waals surface area contributed by atoms with Gasteiger partial charge in [0.25, 0.3) is 17.3 Å². The van der Waals surface area contributed by atoms with E-state index in [1.54, 1.807) is 6.08 Å². The Bertz CT molecular complexity index is 71.2. The second kappa shape index (κ2) is 3.25. The fraction of sp³-hybridized carbons (Fsp3) is 0.333. The van der Waals surface area contributed by atoms with Crippen LogP contribution in [0.3, 0.4) is 0 Å². The van der Waals surface area contributed by atoms with Crippen molar-refractivity contribution in [2.45, 2.75) is 0 Å². The number of rotatable bonds is 2. The highest BCUT2D eigenvalue weighted by Gasteiger charge is 1.94. The summed E-state index contributed by atoms with van der Waals surface area (Å²) in [6.07, 6.45) is 2.41. The maximum atomic E-state index is 10.2. The summed E-state index contributed by atoms with van der Waals surface area (Å²) in [5.74, 6) is 0. The first-order valence-corrected chi connectivity index (χ1v) is 6.34. The predicted octanol–water partition coefficient (Wildman–Crippen LogP) is 0.280. The van der Waals surface area contributed by atoms with Crippen molar-refractivity contribution in [1.29, 1.82) is 0 Å². The van der Waals surface area contributed by atoms with E-state index in [9.17, 15) is 4.57 Å². The fourth-order valence-electron chi connectivity index (χ4n) is 0.182. The number of hydrogen-bond acceptors (Lipinski definition) is 1. The normalized spacial score (nSPS) is 11.0. The number of allylic oxidation sites excluding steroid dienone is 1. The van der Waals surface area contributed by atoms with E-state index in [-0.39, 0.29) is 0 Å². The van der Waals surface area contributed by atoms with Crippen molar-refractivity contribution in [2.24, 2.45) is 0 Å². The van der Waals surface area contributed by atoms with Crippen LogP contribution in [0.4, 0.5) is 0 Å². The standard InChI is InChI=1S/C3H8OPSi/c1-2-3-5(4)6/h2H,1,3H2,6H3/q+1. The summed E-state index contributed by atoms with van der Waals surface area (Å²) in [6, 6.07) is 0. The summed E-state index contributed by atoms with van der Waals surface area (Å²) >= 11 is 0. The van der Waals surface area contributed by atoms with Gasteiger partial charge in [-0.1, -0.05) is 11.1 Å². The molecule has 0 heterocycles. The van der Waals surface area contributed by atoms with Gasteiger partial charge < -0.3 is 0 Å². The van der Waals surface area contributed by atoms with Crippen molar-refractivity contribution in [3.05, 3.63) is 12.7 Å². The van der Waals surface area contributed by atoms with Crippen LogP contribution >= 0.6 is 7.35 Å². The van der Waals surface area contributed by atoms with E-state index in [0.717, 1.165) is 9.91 Å². The Labute approximate surface area is 41.5 Å². The third-order valence-corrected chi connectivity index (χ3v) is 2.25. The molecule has 3 heteroatoms. The molecule has 0 aromatic heterocycles. The van der Waals surface area contributed by atoms with Crippen LogP contribution < -0.4 is 0 Å². The van der Waals surface area contributed by atoms with Crippen LogP contribution in [0.15, 0.2) is 12.7 Å². The zero-order valence-corrected chi connectivity index (χ0v) is 6.74. The van der Waals surface area contributed by atoms with Crippen LogP contribution in [0.5, 0.6) is 0 Å². The van der Waals surface area contributed by atoms with Crippen molar-refractivity contribution in [3.63, 3.8) is 0 Å². The maximum Gasteiger partial charge on any atom is 0.297 e. The minimum absolute atomic E-state index is 0.710. The van der Waals surface area contributed by atoms with E-state index < -0.39 is 7.35 Å². The van der Waals surface area contributed by atoms with Gasteiger partial charge in [-0.25, -0.2) is 0 Å². The molecular weight excluding hydrogens is 111 g/mol. The Balaban J connectivity index is 3.05. The molecule has 0 aliphatic heterocycles. The average Bonchev–Trinajstić information content (AvgIpc) is 1.35. The molecule has 0 aromatic carbocycles. The first-order valence-electron chi connectivity index (χ1n) is 1.76. The molecule has 0 aromatic rings. The Morgan fingerprint density at radius 2 is 2.50 bits per heavy atom. The molecule has 0 aliphatic rings. The second-order valence-corrected chi connectivity index (χ2v) is 5.71. The van der Waals surface area contributed by atoms with Crippen molar-refractivity contribution in [1.82, 2.24) is 0 Å². The van der Waals surface area contributed by atoms with E-state index in [1.165, 1.54) is 0 Å². The third-order valence-electron chi connectivity index (χ3n) is 0.386. The molecular formula is C3H8OPSi+. The van der Waals surface area contributed by atoms with Gasteiger partial charge in [0.1, 0.15) is 6.16 Å². The molecule has 0 aliphatic carbocycles. The van der Waals surface area contributed by atoms with Crippen LogP contribution in [-0.4, -0.2) is 16.1 Å². The first kappa shape index (κ1) is 6.06. The molecule has 1 atom stereocenters. The van der Waals surface area contributed by atoms with E-state index in [1.807, 2.05) is 0 Å². The first-order chi connectivity index (χ1) is 2.77. The van der Waals surface area contributed by atoms with Gasteiger partial charge in [0.15, 0.2) is 0 Å². The van der Waals surface area contributed by atoms with Gasteiger partial charge in [0.2, 0.25) is 0 Å². The lowest BCUT2D eigenvalue weighted by molar-refractivity contribution is 0.597. The number of hydrogen-bond donors (Lipinski definition) is 0. The maximum absolute atomic E-state index is 10.2. The summed E-state index contributed by atoms with van der Waals surface area (Å²) in [4.78, 5) is 0. The van der Waals surface area contributed by atoms with Crippen molar-refractivity contribution in [2.75, 3.05) is 6.16 Å². The Hall–Kier alpha value is 0.0569. The van der Waals surface area contributed by atoms with E-state index in [2.05, 4.69) is 6.58 Å². The topological polar surface area (TPSA) is 17.1 Å². The molecule has 0 fully saturated rings. The lowest BCUT2D eigenvalue weighted by atomic mass is 10.8. The van der Waals surface area contributed by atoms with Crippen molar-refractivity contribution >= 4 is 17.3 Å². The highest BCUT2D eigenvalue weighted by Crippen LogP contribution is 2.09. The molecule has 0 N–H and O–H groups in total. The molecule has 1 unspecified atom stereocenters. The fourth-order valence-corrected chi connectivity index (χ4v) is 1.32. The summed E-state index contributed by atoms with van der Waals surface area (Å²) in [5.41, 5.74) is 0. The van der Waals surface area contributed by atoms with Crippen LogP contribution in [-0.2, 0) is 4.57 Å². The molecule has 6 heavy (non-hydrogen) atoms. The smallest absolute Gasteiger partial charge is 0.0990 e. The molecule has 0 bridgehead atoms. The van der Waals surface area contributed by atoms with Crippen LogP contribution in [0, 0.1) is 0 Å². The molecule has 0 amide bonds. The van der Waals surface area contributed by atoms with Gasteiger partial charge in [0.05, 0.1) is 0 Å². The summed E-state index contributed by atoms with van der Waals surface area (Å²) in [5, 5.41) is 0. The highest BCUT2D eigenvalue weighted by molar-refractivity contribution is 7.71. The largest absolute Gasteiger partial charge is 0.297 e. The van der Waals surface area contributed by atoms with Crippen LogP contribution in [0.25, 0.3) is 0 Å². The summed E-state index contributed by atoms with van der Waals surface area (Å²) < 4.78 is 10.2. The molecule has 0 radical (unpaired) electrons. The van der Waals surface area contributed by atoms with Gasteiger partial charge in [-0.2, -0.15) is 0 Å². The van der Waals surface area contributed by atoms with E-state index in [4.69, 9.17) is 0 Å². The molecule has 0 saturated heterocycles. The van der Waals surface area contributed by atoms with Crippen molar-refractivity contribution < 1.29 is 4.57 Å². The van der Waals surface area contributed by atoms with E-state index in [0.29, 0.717) is 6.16 Å². The van der Waals surface area contributed by atoms with Gasteiger partial charge in [0, 0.05) is 0 Å². The van der Waals surface area contributed by atoms with Gasteiger partial charge in [-0.05, 0) is 6.08 Å². The monoisotopic (exact) mass is 119 g/mol. The lowest BCUT2D eigenvalue weighted by Gasteiger charge is -1.62. The van der Waals surface area contributed by atoms with Crippen LogP contribution in [0.2, 0.25) is 0 Å². The highest BCUT2D eigenvalue weighted by atomic mass is 31.4. The minimum Gasteiger partial charge on any atom is -0.0990 e. The quantitative estimate of drug-likeness (QED) is 0.290. The van der Waals surface area contributed by atoms with E-state index >= 15 is 0 Å². The van der Waals surface area contributed by atoms with Crippen LogP contribution in [0.1, 0.15) is 0 Å². The third kappa shape index (κ3) is 4.06. The van der Waals surface area contributed by atoms with Gasteiger partial charge in [-0.3, -0.25) is 0 Å². The SMILES string of the molecule is C=CC[P+](=O)[SiH3]. The molecule has 0 rings (SSSR count). The molecule has 0 spiro atoms. The molecule has 34 valence electrons.